The molecule has 3 rings (SSSR count). The van der Waals surface area contributed by atoms with Gasteiger partial charge in [-0.2, -0.15) is 0 Å². The quantitative estimate of drug-likeness (QED) is 0.676. The number of nitrogens with one attached hydrogen (secondary N) is 2. The summed E-state index contributed by atoms with van der Waals surface area (Å²) in [7, 11) is 0. The first kappa shape index (κ1) is 11.6. The Hall–Kier alpha value is -1.49. The van der Waals surface area contributed by atoms with Crippen LogP contribution in [-0.4, -0.2) is 4.98 Å². The van der Waals surface area contributed by atoms with Crippen LogP contribution >= 0.6 is 22.6 Å². The van der Waals surface area contributed by atoms with Gasteiger partial charge in [-0.25, -0.2) is 0 Å². The number of hydrogen-bond acceptors (Lipinski definition) is 1. The van der Waals surface area contributed by atoms with Crippen LogP contribution in [0.2, 0.25) is 0 Å². The predicted molar refractivity (Wildman–Crippen MR) is 84.8 cm³/mol. The van der Waals surface area contributed by atoms with Crippen LogP contribution in [0.25, 0.3) is 10.9 Å². The van der Waals surface area contributed by atoms with Crippen molar-refractivity contribution in [2.24, 2.45) is 0 Å². The van der Waals surface area contributed by atoms with E-state index in [1.807, 2.05) is 6.20 Å². The van der Waals surface area contributed by atoms with Gasteiger partial charge in [-0.3, -0.25) is 0 Å². The molecule has 0 aliphatic rings. The molecule has 0 saturated carbocycles. The number of halogens is 1. The molecule has 0 fully saturated rings. The zero-order chi connectivity index (χ0) is 12.4. The molecule has 0 saturated heterocycles. The maximum atomic E-state index is 3.46. The second-order valence-corrected chi connectivity index (χ2v) is 5.39. The largest absolute Gasteiger partial charge is 0.380 e. The Morgan fingerprint density at radius 1 is 1.06 bits per heavy atom. The molecule has 0 unspecified atom stereocenters. The van der Waals surface area contributed by atoms with Crippen molar-refractivity contribution in [3.63, 3.8) is 0 Å². The number of para-hydroxylation sites is 1. The SMILES string of the molecule is Ic1ccccc1NCc1ccc2cc[nH]c2c1. The Bertz CT molecular complexity index is 673. The molecule has 0 radical (unpaired) electrons. The summed E-state index contributed by atoms with van der Waals surface area (Å²) in [4.78, 5) is 3.24. The monoisotopic (exact) mass is 348 g/mol. The van der Waals surface area contributed by atoms with Crippen molar-refractivity contribution < 1.29 is 0 Å². The molecule has 2 nitrogen and oxygen atoms in total. The number of fused-ring (bicyclic) bond motifs is 1. The van der Waals surface area contributed by atoms with Gasteiger partial charge >= 0.3 is 0 Å². The maximum Gasteiger partial charge on any atom is 0.0478 e. The van der Waals surface area contributed by atoms with Gasteiger partial charge in [-0.1, -0.05) is 24.3 Å². The Balaban J connectivity index is 1.78. The minimum atomic E-state index is 0.842. The van der Waals surface area contributed by atoms with Gasteiger partial charge in [0.05, 0.1) is 0 Å². The van der Waals surface area contributed by atoms with E-state index in [0.29, 0.717) is 0 Å². The van der Waals surface area contributed by atoms with Crippen molar-refractivity contribution in [2.75, 3.05) is 5.32 Å². The molecule has 90 valence electrons. The van der Waals surface area contributed by atoms with Gasteiger partial charge in [0.25, 0.3) is 0 Å². The zero-order valence-electron chi connectivity index (χ0n) is 9.78. The number of hydrogen-bond donors (Lipinski definition) is 2. The van der Waals surface area contributed by atoms with Crippen molar-refractivity contribution in [1.29, 1.82) is 0 Å². The fourth-order valence-corrected chi connectivity index (χ4v) is 2.58. The molecule has 18 heavy (non-hydrogen) atoms. The summed E-state index contributed by atoms with van der Waals surface area (Å²) in [6, 6.07) is 16.9. The fourth-order valence-electron chi connectivity index (χ4n) is 2.01. The zero-order valence-corrected chi connectivity index (χ0v) is 11.9. The summed E-state index contributed by atoms with van der Waals surface area (Å²) in [6.45, 7) is 0.842. The molecule has 2 N–H and O–H groups in total. The predicted octanol–water partition coefficient (Wildman–Crippen LogP) is 4.38. The number of aromatic nitrogens is 1. The molecule has 1 heterocycles. The maximum absolute atomic E-state index is 3.46. The molecule has 3 heteroatoms. The number of anilines is 1. The minimum absolute atomic E-state index is 0.842. The van der Waals surface area contributed by atoms with Gasteiger partial charge in [0.1, 0.15) is 0 Å². The summed E-state index contributed by atoms with van der Waals surface area (Å²) in [5.74, 6) is 0. The van der Waals surface area contributed by atoms with Gasteiger partial charge in [0, 0.05) is 27.5 Å². The first-order valence-corrected chi connectivity index (χ1v) is 6.95. The smallest absolute Gasteiger partial charge is 0.0478 e. The van der Waals surface area contributed by atoms with Crippen molar-refractivity contribution in [2.45, 2.75) is 6.54 Å². The molecular weight excluding hydrogens is 335 g/mol. The van der Waals surface area contributed by atoms with Crippen LogP contribution in [0, 0.1) is 3.57 Å². The van der Waals surface area contributed by atoms with Gasteiger partial charge < -0.3 is 10.3 Å². The van der Waals surface area contributed by atoms with Crippen molar-refractivity contribution in [1.82, 2.24) is 4.98 Å². The summed E-state index contributed by atoms with van der Waals surface area (Å²) < 4.78 is 1.25. The summed E-state index contributed by atoms with van der Waals surface area (Å²) in [6.07, 6.45) is 1.97. The van der Waals surface area contributed by atoms with E-state index in [1.54, 1.807) is 0 Å². The first-order valence-electron chi connectivity index (χ1n) is 5.87. The molecular formula is C15H13IN2. The highest BCUT2D eigenvalue weighted by atomic mass is 127. The minimum Gasteiger partial charge on any atom is -0.380 e. The standard InChI is InChI=1S/C15H13IN2/c16-13-3-1-2-4-14(13)18-10-11-5-6-12-7-8-17-15(12)9-11/h1-9,17-18H,10H2. The second kappa shape index (κ2) is 5.02. The number of aromatic amines is 1. The van der Waals surface area contributed by atoms with E-state index in [4.69, 9.17) is 0 Å². The van der Waals surface area contributed by atoms with E-state index < -0.39 is 0 Å². The van der Waals surface area contributed by atoms with E-state index in [-0.39, 0.29) is 0 Å². The first-order chi connectivity index (χ1) is 8.83. The third-order valence-corrected chi connectivity index (χ3v) is 3.92. The Morgan fingerprint density at radius 2 is 1.94 bits per heavy atom. The number of benzene rings is 2. The number of H-pyrrole nitrogens is 1. The van der Waals surface area contributed by atoms with Gasteiger partial charge in [-0.05, 0) is 57.8 Å². The third-order valence-electron chi connectivity index (χ3n) is 2.98. The summed E-state index contributed by atoms with van der Waals surface area (Å²) >= 11 is 2.35. The lowest BCUT2D eigenvalue weighted by molar-refractivity contribution is 1.15. The third kappa shape index (κ3) is 2.36. The van der Waals surface area contributed by atoms with Crippen molar-refractivity contribution in [3.05, 3.63) is 63.9 Å². The molecule has 0 atom stereocenters. The highest BCUT2D eigenvalue weighted by Crippen LogP contribution is 2.19. The fraction of sp³-hybridized carbons (Fsp3) is 0.0667. The Labute approximate surface area is 120 Å². The molecule has 1 aromatic heterocycles. The van der Waals surface area contributed by atoms with Crippen LogP contribution in [0.15, 0.2) is 54.7 Å². The second-order valence-electron chi connectivity index (χ2n) is 4.23. The Kier molecular flexibility index (Phi) is 3.23. The molecule has 0 amide bonds. The Morgan fingerprint density at radius 3 is 2.83 bits per heavy atom. The van der Waals surface area contributed by atoms with E-state index in [2.05, 4.69) is 81.4 Å². The molecule has 0 spiro atoms. The molecule has 3 aromatic rings. The topological polar surface area (TPSA) is 27.8 Å². The van der Waals surface area contributed by atoms with E-state index in [1.165, 1.54) is 25.7 Å². The summed E-state index contributed by atoms with van der Waals surface area (Å²) in [5, 5.41) is 4.72. The molecule has 0 bridgehead atoms. The van der Waals surface area contributed by atoms with E-state index >= 15 is 0 Å². The van der Waals surface area contributed by atoms with Crippen LogP contribution < -0.4 is 5.32 Å². The highest BCUT2D eigenvalue weighted by Gasteiger charge is 2.00. The van der Waals surface area contributed by atoms with Gasteiger partial charge in [0.2, 0.25) is 0 Å². The number of rotatable bonds is 3. The lowest BCUT2D eigenvalue weighted by Crippen LogP contribution is -2.00. The van der Waals surface area contributed by atoms with Crippen molar-refractivity contribution in [3.8, 4) is 0 Å². The van der Waals surface area contributed by atoms with E-state index in [9.17, 15) is 0 Å². The average molecular weight is 348 g/mol. The van der Waals surface area contributed by atoms with Crippen LogP contribution in [-0.2, 0) is 6.54 Å². The highest BCUT2D eigenvalue weighted by molar-refractivity contribution is 14.1. The summed E-state index contributed by atoms with van der Waals surface area (Å²) in [5.41, 5.74) is 3.66. The van der Waals surface area contributed by atoms with Gasteiger partial charge in [-0.15, -0.1) is 0 Å². The lowest BCUT2D eigenvalue weighted by atomic mass is 10.1. The molecule has 2 aromatic carbocycles. The molecule has 0 aliphatic carbocycles. The van der Waals surface area contributed by atoms with Crippen LogP contribution in [0.5, 0.6) is 0 Å². The van der Waals surface area contributed by atoms with E-state index in [0.717, 1.165) is 6.54 Å². The van der Waals surface area contributed by atoms with Crippen LogP contribution in [0.1, 0.15) is 5.56 Å². The molecule has 0 aliphatic heterocycles. The van der Waals surface area contributed by atoms with Crippen LogP contribution in [0.4, 0.5) is 5.69 Å². The average Bonchev–Trinajstić information content (AvgIpc) is 2.85. The lowest BCUT2D eigenvalue weighted by Gasteiger charge is -2.08. The van der Waals surface area contributed by atoms with Crippen LogP contribution in [0.3, 0.4) is 0 Å². The van der Waals surface area contributed by atoms with Crippen molar-refractivity contribution >= 4 is 39.2 Å². The normalized spacial score (nSPS) is 10.7. The van der Waals surface area contributed by atoms with Gasteiger partial charge in [0.15, 0.2) is 0 Å².